The van der Waals surface area contributed by atoms with Gasteiger partial charge >= 0.3 is 0 Å². The van der Waals surface area contributed by atoms with Gasteiger partial charge in [-0.25, -0.2) is 0 Å². The Bertz CT molecular complexity index is 842. The Morgan fingerprint density at radius 1 is 0.761 bits per heavy atom. The zero-order valence-corrected chi connectivity index (χ0v) is 35.0. The predicted molar refractivity (Wildman–Crippen MR) is 206 cm³/mol. The summed E-state index contributed by atoms with van der Waals surface area (Å²) >= 11 is 0. The van der Waals surface area contributed by atoms with Crippen LogP contribution >= 0.6 is 0 Å². The molecule has 1 saturated carbocycles. The number of aliphatic hydroxyl groups is 1. The summed E-state index contributed by atoms with van der Waals surface area (Å²) in [7, 11) is -5.47. The molecule has 1 aliphatic carbocycles. The SMILES string of the molecule is CCCCC[C@@H](/C=C/[C@@H]1[C@@H](C/C=C\CCCC(=O)O[Si](CC)(CC)CC)[C@@H](O)C[C@H]1O[Si](CC)(CC)CC)O[Si](CC)(CC)CC. The van der Waals surface area contributed by atoms with Crippen LogP contribution in [0.15, 0.2) is 24.3 Å². The summed E-state index contributed by atoms with van der Waals surface area (Å²) in [5, 5.41) is 11.4. The van der Waals surface area contributed by atoms with Crippen molar-refractivity contribution in [1.29, 1.82) is 0 Å². The number of carbonyl (C=O) groups excluding carboxylic acids is 1. The fourth-order valence-corrected chi connectivity index (χ4v) is 15.7. The average Bonchev–Trinajstić information content (AvgIpc) is 3.37. The van der Waals surface area contributed by atoms with Gasteiger partial charge in [0.25, 0.3) is 14.3 Å². The molecule has 0 radical (unpaired) electrons. The third-order valence-corrected chi connectivity index (χ3v) is 25.7. The van der Waals surface area contributed by atoms with Crippen LogP contribution in [0.3, 0.4) is 0 Å². The molecule has 0 amide bonds. The molecule has 0 spiro atoms. The lowest BCUT2D eigenvalue weighted by Crippen LogP contribution is -2.41. The van der Waals surface area contributed by atoms with E-state index in [9.17, 15) is 9.90 Å². The first-order valence-electron chi connectivity index (χ1n) is 19.6. The minimum atomic E-state index is -1.89. The van der Waals surface area contributed by atoms with Crippen LogP contribution < -0.4 is 0 Å². The number of hydrogen-bond donors (Lipinski definition) is 1. The molecule has 1 rings (SSSR count). The van der Waals surface area contributed by atoms with E-state index in [0.717, 1.165) is 80.1 Å². The van der Waals surface area contributed by atoms with Gasteiger partial charge in [0, 0.05) is 12.3 Å². The fourth-order valence-electron chi connectivity index (χ4n) is 7.49. The molecule has 0 aliphatic heterocycles. The van der Waals surface area contributed by atoms with Crippen LogP contribution in [0.2, 0.25) is 54.4 Å². The maximum absolute atomic E-state index is 12.6. The topological polar surface area (TPSA) is 65.0 Å². The first kappa shape index (κ1) is 43.5. The van der Waals surface area contributed by atoms with Crippen LogP contribution in [-0.2, 0) is 18.1 Å². The minimum Gasteiger partial charge on any atom is -0.519 e. The number of allylic oxidation sites excluding steroid dienone is 2. The van der Waals surface area contributed by atoms with Gasteiger partial charge in [-0.15, -0.1) is 0 Å². The van der Waals surface area contributed by atoms with Crippen molar-refractivity contribution in [3.63, 3.8) is 0 Å². The summed E-state index contributed by atoms with van der Waals surface area (Å²) in [4.78, 5) is 12.6. The van der Waals surface area contributed by atoms with Gasteiger partial charge in [0.2, 0.25) is 0 Å². The second-order valence-corrected chi connectivity index (χ2v) is 28.2. The van der Waals surface area contributed by atoms with Gasteiger partial charge in [-0.05, 0) is 92.4 Å². The van der Waals surface area contributed by atoms with E-state index in [-0.39, 0.29) is 36.1 Å². The number of rotatable bonds is 26. The number of hydrogen-bond acceptors (Lipinski definition) is 5. The molecule has 1 aliphatic rings. The molecule has 5 nitrogen and oxygen atoms in total. The molecule has 0 aromatic heterocycles. The van der Waals surface area contributed by atoms with E-state index in [2.05, 4.69) is 93.5 Å². The van der Waals surface area contributed by atoms with Crippen LogP contribution in [-0.4, -0.2) is 54.3 Å². The van der Waals surface area contributed by atoms with Crippen molar-refractivity contribution in [3.8, 4) is 0 Å². The summed E-state index contributed by atoms with van der Waals surface area (Å²) in [5.74, 6) is 0.292. The minimum absolute atomic E-state index is 0.0190. The summed E-state index contributed by atoms with van der Waals surface area (Å²) < 4.78 is 20.2. The van der Waals surface area contributed by atoms with Crippen molar-refractivity contribution >= 4 is 30.9 Å². The smallest absolute Gasteiger partial charge is 0.292 e. The lowest BCUT2D eigenvalue weighted by atomic mass is 9.89. The van der Waals surface area contributed by atoms with Gasteiger partial charge in [-0.2, -0.15) is 0 Å². The maximum Gasteiger partial charge on any atom is 0.292 e. The zero-order chi connectivity index (χ0) is 34.6. The van der Waals surface area contributed by atoms with Crippen LogP contribution in [0.1, 0.15) is 127 Å². The summed E-state index contributed by atoms with van der Waals surface area (Å²) in [6, 6.07) is 9.83. The first-order valence-corrected chi connectivity index (χ1v) is 27.2. The zero-order valence-electron chi connectivity index (χ0n) is 32.0. The Labute approximate surface area is 289 Å². The van der Waals surface area contributed by atoms with E-state index in [0.29, 0.717) is 12.8 Å². The summed E-state index contributed by atoms with van der Waals surface area (Å²) in [6.45, 7) is 22.6. The highest BCUT2D eigenvalue weighted by atomic mass is 28.4. The molecule has 0 aromatic carbocycles. The second kappa shape index (κ2) is 23.0. The van der Waals surface area contributed by atoms with E-state index >= 15 is 0 Å². The Morgan fingerprint density at radius 2 is 1.33 bits per heavy atom. The van der Waals surface area contributed by atoms with Gasteiger partial charge in [0.1, 0.15) is 0 Å². The van der Waals surface area contributed by atoms with Gasteiger partial charge in [-0.1, -0.05) is 113 Å². The van der Waals surface area contributed by atoms with Crippen LogP contribution in [0, 0.1) is 11.8 Å². The molecule has 0 unspecified atom stereocenters. The highest BCUT2D eigenvalue weighted by Crippen LogP contribution is 2.41. The molecule has 0 heterocycles. The van der Waals surface area contributed by atoms with Crippen molar-refractivity contribution in [3.05, 3.63) is 24.3 Å². The van der Waals surface area contributed by atoms with Crippen molar-refractivity contribution in [2.75, 3.05) is 0 Å². The molecule has 0 aromatic rings. The standard InChI is InChI=1S/C38H76O5Si3/c1-11-21-24-27-33(41-44(12-2,13-3)14-4)30-31-35-34(36(39)32-37(35)42-45(15-5,16-6)17-7)28-25-22-23-26-29-38(40)43-46(18-8,19-9)20-10/h22,25,30-31,33-37,39H,11-21,23-24,26-29,32H2,1-10H3/b25-22-,31-30+/t33-,34+,35+,36-,37+/m0/s1. The lowest BCUT2D eigenvalue weighted by Gasteiger charge is -2.35. The Kier molecular flexibility index (Phi) is 21.7. The highest BCUT2D eigenvalue weighted by Gasteiger charge is 2.45. The Hall–Kier alpha value is -0.519. The van der Waals surface area contributed by atoms with E-state index in [1.165, 1.54) is 19.3 Å². The molecule has 0 bridgehead atoms. The van der Waals surface area contributed by atoms with Crippen molar-refractivity contribution in [2.45, 2.75) is 200 Å². The van der Waals surface area contributed by atoms with Crippen LogP contribution in [0.5, 0.6) is 0 Å². The normalized spacial score (nSPS) is 21.9. The molecule has 0 saturated heterocycles. The van der Waals surface area contributed by atoms with Crippen molar-refractivity contribution in [1.82, 2.24) is 0 Å². The van der Waals surface area contributed by atoms with Crippen molar-refractivity contribution in [2.24, 2.45) is 11.8 Å². The van der Waals surface area contributed by atoms with E-state index in [1.807, 2.05) is 0 Å². The Balaban J connectivity index is 3.12. The van der Waals surface area contributed by atoms with E-state index in [1.54, 1.807) is 0 Å². The molecular weight excluding hydrogens is 621 g/mol. The van der Waals surface area contributed by atoms with Gasteiger partial charge < -0.3 is 18.4 Å². The number of carbonyl (C=O) groups is 1. The highest BCUT2D eigenvalue weighted by molar-refractivity contribution is 6.75. The summed E-state index contributed by atoms with van der Waals surface area (Å²) in [5.41, 5.74) is 0. The molecule has 5 atom stereocenters. The lowest BCUT2D eigenvalue weighted by molar-refractivity contribution is -0.135. The Morgan fingerprint density at radius 3 is 1.85 bits per heavy atom. The molecule has 1 N–H and O–H groups in total. The molecule has 270 valence electrons. The van der Waals surface area contributed by atoms with Gasteiger partial charge in [0.15, 0.2) is 16.6 Å². The summed E-state index contributed by atoms with van der Waals surface area (Å²) in [6.07, 6.45) is 17.5. The van der Waals surface area contributed by atoms with Crippen LogP contribution in [0.4, 0.5) is 0 Å². The molecule has 1 fully saturated rings. The van der Waals surface area contributed by atoms with Crippen molar-refractivity contribution < 1.29 is 23.2 Å². The second-order valence-electron chi connectivity index (χ2n) is 14.0. The van der Waals surface area contributed by atoms with E-state index < -0.39 is 25.0 Å². The largest absolute Gasteiger partial charge is 0.519 e. The van der Waals surface area contributed by atoms with Crippen LogP contribution in [0.25, 0.3) is 0 Å². The quantitative estimate of drug-likeness (QED) is 0.0554. The molecule has 8 heteroatoms. The third-order valence-electron chi connectivity index (χ3n) is 11.8. The molecular formula is C38H76O5Si3. The third kappa shape index (κ3) is 13.4. The number of unbranched alkanes of at least 4 members (excludes halogenated alkanes) is 3. The maximum atomic E-state index is 12.6. The van der Waals surface area contributed by atoms with Gasteiger partial charge in [-0.3, -0.25) is 4.79 Å². The molecule has 46 heavy (non-hydrogen) atoms. The van der Waals surface area contributed by atoms with Gasteiger partial charge in [0.05, 0.1) is 18.3 Å². The monoisotopic (exact) mass is 697 g/mol. The number of aliphatic hydroxyl groups excluding tert-OH is 1. The fraction of sp³-hybridized carbons (Fsp3) is 0.868. The predicted octanol–water partition coefficient (Wildman–Crippen LogP) is 11.6. The average molecular weight is 697 g/mol. The van der Waals surface area contributed by atoms with E-state index in [4.69, 9.17) is 13.3 Å². The first-order chi connectivity index (χ1) is 22.1.